The van der Waals surface area contributed by atoms with E-state index in [1.165, 1.54) is 17.8 Å². The predicted molar refractivity (Wildman–Crippen MR) is 37.7 cm³/mol. The van der Waals surface area contributed by atoms with Gasteiger partial charge in [-0.25, -0.2) is 9.97 Å². The van der Waals surface area contributed by atoms with Crippen LogP contribution in [0.2, 0.25) is 5.15 Å². The number of rotatable bonds is 1. The molecule has 4 heteroatoms. The number of hydrogen-bond donors (Lipinski definition) is 0. The van der Waals surface area contributed by atoms with E-state index in [0.29, 0.717) is 10.3 Å². The van der Waals surface area contributed by atoms with Crippen molar-refractivity contribution < 1.29 is 0 Å². The van der Waals surface area contributed by atoms with E-state index < -0.39 is 0 Å². The summed E-state index contributed by atoms with van der Waals surface area (Å²) < 4.78 is 0. The summed E-state index contributed by atoms with van der Waals surface area (Å²) >= 11 is 6.97. The lowest BCUT2D eigenvalue weighted by Gasteiger charge is -1.90. The van der Waals surface area contributed by atoms with Crippen molar-refractivity contribution in [2.45, 2.75) is 5.16 Å². The highest BCUT2D eigenvalue weighted by atomic mass is 35.5. The minimum absolute atomic E-state index is 0.439. The molecule has 0 bridgehead atoms. The molecular weight excluding hydrogens is 156 g/mol. The highest BCUT2D eigenvalue weighted by Gasteiger charge is 1.92. The second kappa shape index (κ2) is 3.03. The summed E-state index contributed by atoms with van der Waals surface area (Å²) in [5.41, 5.74) is 0. The molecule has 0 saturated heterocycles. The molecule has 0 atom stereocenters. The van der Waals surface area contributed by atoms with Gasteiger partial charge in [0, 0.05) is 6.07 Å². The fraction of sp³-hybridized carbons (Fsp3) is 0.200. The minimum Gasteiger partial charge on any atom is -0.221 e. The maximum atomic E-state index is 5.53. The van der Waals surface area contributed by atoms with Gasteiger partial charge in [-0.1, -0.05) is 23.4 Å². The van der Waals surface area contributed by atoms with Crippen LogP contribution in [0.15, 0.2) is 11.2 Å². The summed E-state index contributed by atoms with van der Waals surface area (Å²) in [7, 11) is 0. The smallest absolute Gasteiger partial charge is 0.189 e. The fourth-order valence-electron chi connectivity index (χ4n) is 0.381. The van der Waals surface area contributed by atoms with E-state index in [1.807, 2.05) is 6.26 Å². The van der Waals surface area contributed by atoms with E-state index in [0.717, 1.165) is 0 Å². The second-order valence-electron chi connectivity index (χ2n) is 1.31. The Balaban J connectivity index is 2.94. The molecule has 2 nitrogen and oxygen atoms in total. The van der Waals surface area contributed by atoms with E-state index in [2.05, 4.69) is 16.2 Å². The van der Waals surface area contributed by atoms with Crippen molar-refractivity contribution in [1.82, 2.24) is 9.97 Å². The van der Waals surface area contributed by atoms with Crippen LogP contribution in [0.3, 0.4) is 0 Å². The highest BCUT2D eigenvalue weighted by molar-refractivity contribution is 7.98. The first-order valence-corrected chi connectivity index (χ1v) is 3.88. The van der Waals surface area contributed by atoms with Gasteiger partial charge in [0.2, 0.25) is 0 Å². The minimum atomic E-state index is 0.439. The first kappa shape index (κ1) is 6.83. The van der Waals surface area contributed by atoms with Gasteiger partial charge in [0.1, 0.15) is 5.15 Å². The van der Waals surface area contributed by atoms with Gasteiger partial charge in [0.25, 0.3) is 0 Å². The summed E-state index contributed by atoms with van der Waals surface area (Å²) in [5, 5.41) is 1.09. The Morgan fingerprint density at radius 3 is 3.00 bits per heavy atom. The molecule has 0 aliphatic rings. The van der Waals surface area contributed by atoms with Gasteiger partial charge in [0.15, 0.2) is 5.16 Å². The summed E-state index contributed by atoms with van der Waals surface area (Å²) in [6.07, 6.45) is 4.50. The lowest BCUT2D eigenvalue weighted by atomic mass is 10.7. The molecular formula is C5H4ClN2S. The molecule has 1 heterocycles. The quantitative estimate of drug-likeness (QED) is 0.354. The van der Waals surface area contributed by atoms with Crippen LogP contribution < -0.4 is 0 Å². The van der Waals surface area contributed by atoms with Gasteiger partial charge >= 0.3 is 0 Å². The number of aromatic nitrogens is 2. The zero-order valence-corrected chi connectivity index (χ0v) is 6.33. The first-order chi connectivity index (χ1) is 4.33. The van der Waals surface area contributed by atoms with Crippen LogP contribution >= 0.6 is 23.4 Å². The number of thioether (sulfide) groups is 1. The normalized spacial score (nSPS) is 9.56. The Labute approximate surface area is 62.7 Å². The lowest BCUT2D eigenvalue weighted by molar-refractivity contribution is 0.965. The third-order valence-electron chi connectivity index (χ3n) is 0.729. The van der Waals surface area contributed by atoms with Gasteiger partial charge in [-0.15, -0.1) is 0 Å². The maximum Gasteiger partial charge on any atom is 0.189 e. The molecule has 0 fully saturated rings. The Kier molecular flexibility index (Phi) is 2.30. The summed E-state index contributed by atoms with van der Waals surface area (Å²) in [5.74, 6) is 0. The van der Waals surface area contributed by atoms with Crippen molar-refractivity contribution in [3.05, 3.63) is 17.4 Å². The van der Waals surface area contributed by atoms with Crippen molar-refractivity contribution in [1.29, 1.82) is 0 Å². The van der Waals surface area contributed by atoms with E-state index in [-0.39, 0.29) is 0 Å². The SMILES string of the molecule is CSc1n[c]cc(Cl)n1. The topological polar surface area (TPSA) is 25.8 Å². The molecule has 0 aromatic carbocycles. The van der Waals surface area contributed by atoms with Crippen molar-refractivity contribution in [3.63, 3.8) is 0 Å². The van der Waals surface area contributed by atoms with Crippen LogP contribution in [0.4, 0.5) is 0 Å². The van der Waals surface area contributed by atoms with Crippen molar-refractivity contribution in [2.75, 3.05) is 6.26 Å². The molecule has 1 aromatic rings. The van der Waals surface area contributed by atoms with E-state index in [4.69, 9.17) is 11.6 Å². The zero-order valence-electron chi connectivity index (χ0n) is 4.76. The van der Waals surface area contributed by atoms with Crippen molar-refractivity contribution >= 4 is 23.4 Å². The number of hydrogen-bond acceptors (Lipinski definition) is 3. The van der Waals surface area contributed by atoms with Gasteiger partial charge in [-0.2, -0.15) is 0 Å². The van der Waals surface area contributed by atoms with Crippen LogP contribution in [-0.4, -0.2) is 16.2 Å². The molecule has 47 valence electrons. The van der Waals surface area contributed by atoms with Crippen LogP contribution in [0, 0.1) is 6.20 Å². The zero-order chi connectivity index (χ0) is 6.69. The van der Waals surface area contributed by atoms with Gasteiger partial charge in [0.05, 0.1) is 6.20 Å². The van der Waals surface area contributed by atoms with E-state index >= 15 is 0 Å². The molecule has 1 radical (unpaired) electrons. The lowest BCUT2D eigenvalue weighted by Crippen LogP contribution is -1.83. The molecule has 9 heavy (non-hydrogen) atoms. The molecule has 0 aliphatic carbocycles. The van der Waals surface area contributed by atoms with Gasteiger partial charge in [-0.3, -0.25) is 0 Å². The molecule has 1 rings (SSSR count). The highest BCUT2D eigenvalue weighted by Crippen LogP contribution is 2.09. The van der Waals surface area contributed by atoms with Crippen LogP contribution in [0.1, 0.15) is 0 Å². The third kappa shape index (κ3) is 1.84. The molecule has 0 saturated carbocycles. The number of halogens is 1. The van der Waals surface area contributed by atoms with Crippen molar-refractivity contribution in [2.24, 2.45) is 0 Å². The van der Waals surface area contributed by atoms with Crippen LogP contribution in [-0.2, 0) is 0 Å². The fourth-order valence-corrected chi connectivity index (χ4v) is 0.893. The van der Waals surface area contributed by atoms with Crippen LogP contribution in [0.5, 0.6) is 0 Å². The maximum absolute atomic E-state index is 5.53. The molecule has 0 N–H and O–H groups in total. The van der Waals surface area contributed by atoms with Crippen molar-refractivity contribution in [3.8, 4) is 0 Å². The predicted octanol–water partition coefficient (Wildman–Crippen LogP) is 1.65. The Morgan fingerprint density at radius 1 is 1.78 bits per heavy atom. The average Bonchev–Trinajstić information content (AvgIpc) is 1.88. The number of nitrogens with zero attached hydrogens (tertiary/aromatic N) is 2. The molecule has 0 amide bonds. The Bertz CT molecular complexity index is 204. The third-order valence-corrected chi connectivity index (χ3v) is 1.47. The summed E-state index contributed by atoms with van der Waals surface area (Å²) in [6, 6.07) is 1.53. The van der Waals surface area contributed by atoms with Gasteiger partial charge < -0.3 is 0 Å². The molecule has 0 unspecified atom stereocenters. The van der Waals surface area contributed by atoms with Gasteiger partial charge in [-0.05, 0) is 6.26 Å². The first-order valence-electron chi connectivity index (χ1n) is 2.27. The Morgan fingerprint density at radius 2 is 2.56 bits per heavy atom. The monoisotopic (exact) mass is 159 g/mol. The summed E-state index contributed by atoms with van der Waals surface area (Å²) in [6.45, 7) is 0. The van der Waals surface area contributed by atoms with E-state index in [1.54, 1.807) is 0 Å². The molecule has 0 aliphatic heterocycles. The Hall–Kier alpha value is -0.280. The molecule has 1 aromatic heterocycles. The standard InChI is InChI=1S/C5H4ClN2S/c1-9-5-7-3-2-4(6)8-5/h2H,1H3. The largest absolute Gasteiger partial charge is 0.221 e. The van der Waals surface area contributed by atoms with E-state index in [9.17, 15) is 0 Å². The summed E-state index contributed by atoms with van der Waals surface area (Å²) in [4.78, 5) is 7.68. The van der Waals surface area contributed by atoms with Crippen LogP contribution in [0.25, 0.3) is 0 Å². The average molecular weight is 160 g/mol. The molecule has 0 spiro atoms. The second-order valence-corrected chi connectivity index (χ2v) is 2.47.